The maximum absolute atomic E-state index is 14.9. The van der Waals surface area contributed by atoms with Crippen molar-refractivity contribution >= 4 is 56.0 Å². The first kappa shape index (κ1) is 31.5. The molecule has 0 spiro atoms. The SMILES string of the molecule is CC12CCC(C(=O)Nc3cccc4c(NC(=O)C56CCC(C)(c7nc8ccccc8nc75)C6(C)C)cccc34)(c3nc4ccccc4nc31)C2(C)C. The van der Waals surface area contributed by atoms with Crippen LogP contribution in [0, 0.1) is 10.8 Å². The number of fused-ring (bicyclic) bond motifs is 13. The maximum atomic E-state index is 14.9. The number of rotatable bonds is 4. The number of amides is 2. The van der Waals surface area contributed by atoms with Crippen molar-refractivity contribution in [2.75, 3.05) is 10.6 Å². The van der Waals surface area contributed by atoms with Crippen molar-refractivity contribution in [3.63, 3.8) is 0 Å². The zero-order valence-corrected chi connectivity index (χ0v) is 30.5. The fourth-order valence-corrected chi connectivity index (χ4v) is 11.1. The number of hydrogen-bond donors (Lipinski definition) is 2. The van der Waals surface area contributed by atoms with Crippen LogP contribution < -0.4 is 10.6 Å². The van der Waals surface area contributed by atoms with Crippen molar-refractivity contribution in [3.05, 3.63) is 108 Å². The molecule has 260 valence electrons. The normalized spacial score (nSPS) is 28.7. The van der Waals surface area contributed by atoms with Crippen LogP contribution in [-0.2, 0) is 31.2 Å². The van der Waals surface area contributed by atoms with Gasteiger partial charge in [0.25, 0.3) is 0 Å². The molecule has 52 heavy (non-hydrogen) atoms. The summed E-state index contributed by atoms with van der Waals surface area (Å²) in [6.07, 6.45) is 3.12. The summed E-state index contributed by atoms with van der Waals surface area (Å²) >= 11 is 0. The van der Waals surface area contributed by atoms with Crippen molar-refractivity contribution in [2.45, 2.75) is 88.9 Å². The number of hydrogen-bond acceptors (Lipinski definition) is 6. The summed E-state index contributed by atoms with van der Waals surface area (Å²) in [7, 11) is 0. The Kier molecular flexibility index (Phi) is 5.93. The first-order valence-corrected chi connectivity index (χ1v) is 18.5. The molecule has 2 amide bonds. The highest BCUT2D eigenvalue weighted by Gasteiger charge is 2.74. The van der Waals surface area contributed by atoms with E-state index in [0.717, 1.165) is 68.5 Å². The summed E-state index contributed by atoms with van der Waals surface area (Å²) in [6, 6.07) is 27.7. The highest BCUT2D eigenvalue weighted by molar-refractivity contribution is 6.12. The summed E-state index contributed by atoms with van der Waals surface area (Å²) in [5.41, 5.74) is 5.13. The molecule has 4 aromatic carbocycles. The fraction of sp³-hybridized carbons (Fsp3) is 0.364. The van der Waals surface area contributed by atoms with Gasteiger partial charge in [-0.25, -0.2) is 19.9 Å². The van der Waals surface area contributed by atoms with Crippen LogP contribution in [0.3, 0.4) is 0 Å². The van der Waals surface area contributed by atoms with Gasteiger partial charge in [-0.05, 0) is 72.9 Å². The summed E-state index contributed by atoms with van der Waals surface area (Å²) in [5.74, 6) is -0.128. The highest BCUT2D eigenvalue weighted by Crippen LogP contribution is 2.71. The molecule has 4 aliphatic carbocycles. The number of carbonyl (C=O) groups excluding carboxylic acids is 2. The molecule has 4 unspecified atom stereocenters. The second-order valence-corrected chi connectivity index (χ2v) is 17.2. The maximum Gasteiger partial charge on any atom is 0.237 e. The Hall–Kier alpha value is -5.24. The zero-order chi connectivity index (χ0) is 36.1. The number of nitrogens with one attached hydrogen (secondary N) is 2. The Morgan fingerprint density at radius 1 is 0.462 bits per heavy atom. The van der Waals surface area contributed by atoms with E-state index in [1.165, 1.54) is 0 Å². The van der Waals surface area contributed by atoms with Crippen LogP contribution in [0.4, 0.5) is 11.4 Å². The summed E-state index contributed by atoms with van der Waals surface area (Å²) in [4.78, 5) is 50.3. The van der Waals surface area contributed by atoms with Gasteiger partial charge < -0.3 is 10.6 Å². The van der Waals surface area contributed by atoms with Gasteiger partial charge in [-0.1, -0.05) is 90.1 Å². The number of para-hydroxylation sites is 4. The lowest BCUT2D eigenvalue weighted by molar-refractivity contribution is -0.125. The van der Waals surface area contributed by atoms with Crippen molar-refractivity contribution < 1.29 is 9.59 Å². The largest absolute Gasteiger partial charge is 0.325 e. The van der Waals surface area contributed by atoms with Gasteiger partial charge in [0, 0.05) is 33.0 Å². The molecular weight excluding hydrogens is 645 g/mol. The molecule has 0 saturated heterocycles. The smallest absolute Gasteiger partial charge is 0.237 e. The molecule has 8 heteroatoms. The standard InChI is InChI=1S/C44H42N6O2/c1-39(2)41(5)21-23-43(39,35-33(41)45-29-15-7-9-17-31(29)47-35)37(51)49-27-19-11-14-26-25(27)13-12-20-28(26)50-38(52)44-24-22-42(6,40(44,3)4)34-36(44)48-32-18-10-8-16-30(32)46-34/h7-20H,21-24H2,1-6H3,(H,49,51)(H,50,52). The molecule has 4 bridgehead atoms. The second kappa shape index (κ2) is 9.79. The predicted molar refractivity (Wildman–Crippen MR) is 204 cm³/mol. The lowest BCUT2D eigenvalue weighted by Gasteiger charge is -2.39. The summed E-state index contributed by atoms with van der Waals surface area (Å²) < 4.78 is 0. The molecule has 2 saturated carbocycles. The molecule has 2 aromatic heterocycles. The van der Waals surface area contributed by atoms with E-state index >= 15 is 0 Å². The molecule has 0 aliphatic heterocycles. The van der Waals surface area contributed by atoms with Crippen LogP contribution in [0.15, 0.2) is 84.9 Å². The van der Waals surface area contributed by atoms with Crippen LogP contribution in [-0.4, -0.2) is 31.8 Å². The average molecular weight is 687 g/mol. The third-order valence-electron chi connectivity index (χ3n) is 15.1. The Bertz CT molecular complexity index is 2420. The first-order chi connectivity index (χ1) is 24.8. The summed E-state index contributed by atoms with van der Waals surface area (Å²) in [5, 5.41) is 8.47. The molecule has 8 nitrogen and oxygen atoms in total. The predicted octanol–water partition coefficient (Wildman–Crippen LogP) is 8.66. The second-order valence-electron chi connectivity index (χ2n) is 17.2. The molecule has 2 heterocycles. The van der Waals surface area contributed by atoms with E-state index in [0.29, 0.717) is 24.2 Å². The van der Waals surface area contributed by atoms with Crippen molar-refractivity contribution in [1.29, 1.82) is 0 Å². The van der Waals surface area contributed by atoms with E-state index in [2.05, 4.69) is 52.2 Å². The number of benzene rings is 4. The minimum absolute atomic E-state index is 0.0641. The van der Waals surface area contributed by atoms with Gasteiger partial charge in [-0.15, -0.1) is 0 Å². The van der Waals surface area contributed by atoms with Gasteiger partial charge >= 0.3 is 0 Å². The number of nitrogens with zero attached hydrogens (tertiary/aromatic N) is 4. The first-order valence-electron chi connectivity index (χ1n) is 18.5. The van der Waals surface area contributed by atoms with E-state index in [4.69, 9.17) is 19.9 Å². The van der Waals surface area contributed by atoms with Crippen LogP contribution in [0.25, 0.3) is 32.8 Å². The monoisotopic (exact) mass is 686 g/mol. The number of carbonyl (C=O) groups is 2. The average Bonchev–Trinajstić information content (AvgIpc) is 3.60. The van der Waals surface area contributed by atoms with E-state index < -0.39 is 21.7 Å². The fourth-order valence-electron chi connectivity index (χ4n) is 11.1. The Morgan fingerprint density at radius 3 is 1.17 bits per heavy atom. The molecule has 4 atom stereocenters. The minimum atomic E-state index is -0.844. The van der Waals surface area contributed by atoms with Gasteiger partial charge in [0.1, 0.15) is 0 Å². The minimum Gasteiger partial charge on any atom is -0.325 e. The van der Waals surface area contributed by atoms with Gasteiger partial charge in [0.2, 0.25) is 11.8 Å². The topological polar surface area (TPSA) is 110 Å². The van der Waals surface area contributed by atoms with Crippen molar-refractivity contribution in [2.24, 2.45) is 10.8 Å². The number of aromatic nitrogens is 4. The quantitative estimate of drug-likeness (QED) is 0.192. The van der Waals surface area contributed by atoms with Crippen molar-refractivity contribution in [1.82, 2.24) is 19.9 Å². The van der Waals surface area contributed by atoms with Gasteiger partial charge in [-0.2, -0.15) is 0 Å². The Balaban J connectivity index is 1.03. The molecule has 2 N–H and O–H groups in total. The molecule has 0 radical (unpaired) electrons. The third-order valence-corrected chi connectivity index (χ3v) is 15.1. The zero-order valence-electron chi connectivity index (χ0n) is 30.5. The lowest BCUT2D eigenvalue weighted by atomic mass is 9.63. The van der Waals surface area contributed by atoms with Gasteiger partial charge in [0.15, 0.2) is 0 Å². The van der Waals surface area contributed by atoms with E-state index in [1.54, 1.807) is 0 Å². The van der Waals surface area contributed by atoms with E-state index in [-0.39, 0.29) is 22.6 Å². The van der Waals surface area contributed by atoms with Crippen molar-refractivity contribution in [3.8, 4) is 0 Å². The van der Waals surface area contributed by atoms with Gasteiger partial charge in [0.05, 0.1) is 55.7 Å². The molecule has 10 rings (SSSR count). The van der Waals surface area contributed by atoms with Gasteiger partial charge in [-0.3, -0.25) is 9.59 Å². The van der Waals surface area contributed by atoms with E-state index in [9.17, 15) is 9.59 Å². The highest BCUT2D eigenvalue weighted by atomic mass is 16.2. The van der Waals surface area contributed by atoms with Crippen LogP contribution in [0.1, 0.15) is 90.0 Å². The Labute approximate surface area is 302 Å². The molecular formula is C44H42N6O2. The van der Waals surface area contributed by atoms with Crippen LogP contribution in [0.5, 0.6) is 0 Å². The molecule has 4 aliphatic rings. The summed E-state index contributed by atoms with van der Waals surface area (Å²) in [6.45, 7) is 13.3. The van der Waals surface area contributed by atoms with Crippen LogP contribution >= 0.6 is 0 Å². The number of anilines is 2. The lowest BCUT2D eigenvalue weighted by Crippen LogP contribution is -2.48. The Morgan fingerprint density at radius 2 is 0.808 bits per heavy atom. The third kappa shape index (κ3) is 3.40. The molecule has 6 aromatic rings. The molecule has 2 fully saturated rings. The van der Waals surface area contributed by atoms with Crippen LogP contribution in [0.2, 0.25) is 0 Å². The van der Waals surface area contributed by atoms with E-state index in [1.807, 2.05) is 84.9 Å².